The zero-order valence-electron chi connectivity index (χ0n) is 6.47. The predicted octanol–water partition coefficient (Wildman–Crippen LogP) is 2.66. The molecule has 56 valence electrons. The van der Waals surface area contributed by atoms with Crippen LogP contribution >= 0.6 is 0 Å². The third-order valence-corrected chi connectivity index (χ3v) is 0.981. The van der Waals surface area contributed by atoms with Crippen LogP contribution in [0, 0.1) is 0 Å². The van der Waals surface area contributed by atoms with Gasteiger partial charge in [-0.15, -0.1) is 0 Å². The van der Waals surface area contributed by atoms with Gasteiger partial charge in [0.05, 0.1) is 0 Å². The standard InChI is InChI=1S/C9H14O/c1-3-5-6-7-9-10-8-4-2/h6-8H,2-3,5,9H2,1H3/b7-6+. The third-order valence-electron chi connectivity index (χ3n) is 0.981. The predicted molar refractivity (Wildman–Crippen MR) is 43.7 cm³/mol. The average molecular weight is 138 g/mol. The fraction of sp³-hybridized carbons (Fsp3) is 0.444. The third kappa shape index (κ3) is 7.06. The summed E-state index contributed by atoms with van der Waals surface area (Å²) in [4.78, 5) is 0. The molecule has 0 spiro atoms. The van der Waals surface area contributed by atoms with Gasteiger partial charge in [0.1, 0.15) is 12.9 Å². The molecule has 0 atom stereocenters. The Labute approximate surface area is 62.7 Å². The minimum atomic E-state index is 0.628. The molecule has 0 saturated carbocycles. The molecule has 0 amide bonds. The highest BCUT2D eigenvalue weighted by molar-refractivity contribution is 4.81. The number of allylic oxidation sites excluding steroid dienone is 1. The molecular weight excluding hydrogens is 124 g/mol. The van der Waals surface area contributed by atoms with E-state index in [2.05, 4.69) is 25.3 Å². The summed E-state index contributed by atoms with van der Waals surface area (Å²) in [5.74, 6) is 0. The summed E-state index contributed by atoms with van der Waals surface area (Å²) >= 11 is 0. The first-order valence-corrected chi connectivity index (χ1v) is 3.52. The molecule has 0 radical (unpaired) electrons. The molecule has 0 fully saturated rings. The molecule has 0 aliphatic rings. The topological polar surface area (TPSA) is 9.23 Å². The zero-order chi connectivity index (χ0) is 7.66. The molecular formula is C9H14O. The van der Waals surface area contributed by atoms with Crippen LogP contribution < -0.4 is 0 Å². The van der Waals surface area contributed by atoms with Gasteiger partial charge >= 0.3 is 0 Å². The molecule has 0 unspecified atom stereocenters. The molecule has 0 aromatic rings. The normalized spacial score (nSPS) is 9.30. The van der Waals surface area contributed by atoms with Gasteiger partial charge in [-0.2, -0.15) is 0 Å². The summed E-state index contributed by atoms with van der Waals surface area (Å²) < 4.78 is 4.94. The summed E-state index contributed by atoms with van der Waals surface area (Å²) in [6, 6.07) is 0. The van der Waals surface area contributed by atoms with Crippen LogP contribution in [0.2, 0.25) is 0 Å². The molecule has 0 heterocycles. The van der Waals surface area contributed by atoms with Crippen molar-refractivity contribution in [3.8, 4) is 0 Å². The number of ether oxygens (including phenoxy) is 1. The van der Waals surface area contributed by atoms with Gasteiger partial charge < -0.3 is 4.74 Å². The maximum absolute atomic E-state index is 4.94. The fourth-order valence-corrected chi connectivity index (χ4v) is 0.515. The highest BCUT2D eigenvalue weighted by Gasteiger charge is 1.73. The van der Waals surface area contributed by atoms with E-state index in [4.69, 9.17) is 4.74 Å². The molecule has 0 bridgehead atoms. The zero-order valence-corrected chi connectivity index (χ0v) is 6.47. The van der Waals surface area contributed by atoms with Crippen molar-refractivity contribution in [2.45, 2.75) is 19.8 Å². The highest BCUT2D eigenvalue weighted by atomic mass is 16.5. The van der Waals surface area contributed by atoms with Crippen molar-refractivity contribution in [2.24, 2.45) is 0 Å². The second-order valence-corrected chi connectivity index (χ2v) is 1.92. The second-order valence-electron chi connectivity index (χ2n) is 1.92. The Kier molecular flexibility index (Phi) is 7.30. The van der Waals surface area contributed by atoms with Gasteiger partial charge in [0.15, 0.2) is 0 Å². The first-order valence-electron chi connectivity index (χ1n) is 3.52. The van der Waals surface area contributed by atoms with E-state index in [-0.39, 0.29) is 0 Å². The number of hydrogen-bond acceptors (Lipinski definition) is 1. The van der Waals surface area contributed by atoms with Gasteiger partial charge in [-0.25, -0.2) is 0 Å². The van der Waals surface area contributed by atoms with Crippen molar-refractivity contribution in [1.29, 1.82) is 0 Å². The van der Waals surface area contributed by atoms with Gasteiger partial charge in [-0.1, -0.05) is 37.8 Å². The molecule has 1 heteroatoms. The van der Waals surface area contributed by atoms with Gasteiger partial charge in [-0.05, 0) is 6.42 Å². The average Bonchev–Trinajstić information content (AvgIpc) is 1.97. The van der Waals surface area contributed by atoms with Crippen molar-refractivity contribution < 1.29 is 4.74 Å². The van der Waals surface area contributed by atoms with E-state index in [1.54, 1.807) is 0 Å². The number of rotatable bonds is 5. The largest absolute Gasteiger partial charge is 0.489 e. The van der Waals surface area contributed by atoms with E-state index in [1.165, 1.54) is 12.7 Å². The van der Waals surface area contributed by atoms with Gasteiger partial charge in [0, 0.05) is 0 Å². The highest BCUT2D eigenvalue weighted by Crippen LogP contribution is 1.88. The van der Waals surface area contributed by atoms with Gasteiger partial charge in [0.25, 0.3) is 0 Å². The minimum Gasteiger partial charge on any atom is -0.489 e. The Balaban J connectivity index is 3.09. The van der Waals surface area contributed by atoms with E-state index in [1.807, 2.05) is 6.08 Å². The van der Waals surface area contributed by atoms with Crippen LogP contribution in [0.3, 0.4) is 0 Å². The minimum absolute atomic E-state index is 0.628. The quantitative estimate of drug-likeness (QED) is 0.245. The van der Waals surface area contributed by atoms with Crippen LogP contribution in [0.15, 0.2) is 30.7 Å². The molecule has 0 rings (SSSR count). The molecule has 0 aromatic heterocycles. The van der Waals surface area contributed by atoms with Crippen molar-refractivity contribution in [1.82, 2.24) is 0 Å². The van der Waals surface area contributed by atoms with Crippen LogP contribution in [-0.2, 0) is 4.74 Å². The molecule has 0 N–H and O–H groups in total. The summed E-state index contributed by atoms with van der Waals surface area (Å²) in [7, 11) is 0. The number of unbranched alkanes of at least 4 members (excludes halogenated alkanes) is 1. The summed E-state index contributed by atoms with van der Waals surface area (Å²) in [5, 5.41) is 0. The molecule has 1 nitrogen and oxygen atoms in total. The lowest BCUT2D eigenvalue weighted by Crippen LogP contribution is -1.78. The van der Waals surface area contributed by atoms with Crippen molar-refractivity contribution >= 4 is 0 Å². The monoisotopic (exact) mass is 138 g/mol. The summed E-state index contributed by atoms with van der Waals surface area (Å²) in [5.41, 5.74) is 2.53. The maximum Gasteiger partial charge on any atom is 0.125 e. The molecule has 0 aliphatic heterocycles. The van der Waals surface area contributed by atoms with E-state index in [9.17, 15) is 0 Å². The van der Waals surface area contributed by atoms with E-state index in [0.29, 0.717) is 6.61 Å². The van der Waals surface area contributed by atoms with Crippen molar-refractivity contribution in [3.05, 3.63) is 30.7 Å². The lowest BCUT2D eigenvalue weighted by Gasteiger charge is -1.90. The second kappa shape index (κ2) is 8.06. The van der Waals surface area contributed by atoms with E-state index < -0.39 is 0 Å². The molecule has 0 aliphatic carbocycles. The summed E-state index contributed by atoms with van der Waals surface area (Å²) in [6.07, 6.45) is 7.89. The van der Waals surface area contributed by atoms with Crippen LogP contribution in [0.5, 0.6) is 0 Å². The Hall–Kier alpha value is -0.940. The Morgan fingerprint density at radius 3 is 2.90 bits per heavy atom. The van der Waals surface area contributed by atoms with Gasteiger partial charge in [-0.3, -0.25) is 0 Å². The van der Waals surface area contributed by atoms with Crippen molar-refractivity contribution in [3.63, 3.8) is 0 Å². The molecule has 0 saturated heterocycles. The smallest absolute Gasteiger partial charge is 0.125 e. The molecule has 0 aromatic carbocycles. The van der Waals surface area contributed by atoms with Crippen LogP contribution in [0.1, 0.15) is 19.8 Å². The van der Waals surface area contributed by atoms with E-state index in [0.717, 1.165) is 6.42 Å². The SMILES string of the molecule is C=C=COC/C=C/CCC. The van der Waals surface area contributed by atoms with Crippen LogP contribution in [0.25, 0.3) is 0 Å². The lowest BCUT2D eigenvalue weighted by molar-refractivity contribution is 0.290. The molecule has 10 heavy (non-hydrogen) atoms. The summed E-state index contributed by atoms with van der Waals surface area (Å²) in [6.45, 7) is 6.14. The Morgan fingerprint density at radius 2 is 2.30 bits per heavy atom. The van der Waals surface area contributed by atoms with E-state index >= 15 is 0 Å². The first kappa shape index (κ1) is 9.06. The maximum atomic E-state index is 4.94. The fourth-order valence-electron chi connectivity index (χ4n) is 0.515. The van der Waals surface area contributed by atoms with Crippen LogP contribution in [0.4, 0.5) is 0 Å². The van der Waals surface area contributed by atoms with Gasteiger partial charge in [0.2, 0.25) is 0 Å². The lowest BCUT2D eigenvalue weighted by atomic mass is 10.3. The van der Waals surface area contributed by atoms with Crippen LogP contribution in [-0.4, -0.2) is 6.61 Å². The Bertz CT molecular complexity index is 130. The Morgan fingerprint density at radius 1 is 1.50 bits per heavy atom. The van der Waals surface area contributed by atoms with Crippen molar-refractivity contribution in [2.75, 3.05) is 6.61 Å². The first-order chi connectivity index (χ1) is 4.91. The number of hydrogen-bond donors (Lipinski definition) is 0.